The molecule has 1 fully saturated rings. The van der Waals surface area contributed by atoms with Crippen LogP contribution in [0.2, 0.25) is 0 Å². The molecule has 0 saturated carbocycles. The number of ether oxygens (including phenoxy) is 1. The molecular formula is C25H26N4O5. The molecule has 3 aliphatic rings. The Hall–Kier alpha value is -3.72. The van der Waals surface area contributed by atoms with Gasteiger partial charge in [0.2, 0.25) is 11.8 Å². The van der Waals surface area contributed by atoms with Gasteiger partial charge < -0.3 is 19.9 Å². The first-order valence-electron chi connectivity index (χ1n) is 11.3. The molecule has 2 aromatic rings. The molecular weight excluding hydrogens is 436 g/mol. The van der Waals surface area contributed by atoms with Crippen molar-refractivity contribution in [1.82, 2.24) is 15.1 Å². The van der Waals surface area contributed by atoms with E-state index < -0.39 is 11.9 Å². The number of hydrogen-bond donors (Lipinski definition) is 2. The third-order valence-electron chi connectivity index (χ3n) is 6.73. The summed E-state index contributed by atoms with van der Waals surface area (Å²) in [6.45, 7) is 3.16. The number of carbonyl (C=O) groups is 4. The summed E-state index contributed by atoms with van der Waals surface area (Å²) in [5.41, 5.74) is 5.15. The van der Waals surface area contributed by atoms with Gasteiger partial charge in [0.15, 0.2) is 0 Å². The molecule has 0 aromatic heterocycles. The predicted octanol–water partition coefficient (Wildman–Crippen LogP) is 2.49. The number of benzene rings is 2. The van der Waals surface area contributed by atoms with Crippen LogP contribution in [0.25, 0.3) is 0 Å². The number of amides is 5. The fraction of sp³-hybridized carbons (Fsp3) is 0.360. The Balaban J connectivity index is 1.32. The SMILES string of the molecule is COCC1c2ccc(C)cc2CN1C(=O)Nc1ccc2c(c1)CN(C1CCC(=O)NC1=O)C2=O. The molecule has 0 bridgehead atoms. The van der Waals surface area contributed by atoms with Gasteiger partial charge in [-0.05, 0) is 48.2 Å². The fourth-order valence-electron chi connectivity index (χ4n) is 5.06. The highest BCUT2D eigenvalue weighted by Crippen LogP contribution is 2.35. The maximum Gasteiger partial charge on any atom is 0.322 e. The van der Waals surface area contributed by atoms with Gasteiger partial charge in [0.1, 0.15) is 6.04 Å². The quantitative estimate of drug-likeness (QED) is 0.679. The maximum atomic E-state index is 13.2. The number of rotatable bonds is 4. The molecule has 2 unspecified atom stereocenters. The van der Waals surface area contributed by atoms with Crippen LogP contribution in [-0.4, -0.2) is 53.3 Å². The first-order valence-corrected chi connectivity index (χ1v) is 11.3. The lowest BCUT2D eigenvalue weighted by Gasteiger charge is -2.29. The second-order valence-corrected chi connectivity index (χ2v) is 9.00. The summed E-state index contributed by atoms with van der Waals surface area (Å²) in [5, 5.41) is 5.26. The third-order valence-corrected chi connectivity index (χ3v) is 6.73. The maximum absolute atomic E-state index is 13.2. The lowest BCUT2D eigenvalue weighted by molar-refractivity contribution is -0.136. The second kappa shape index (κ2) is 8.57. The number of nitrogens with zero attached hydrogens (tertiary/aromatic N) is 2. The number of imide groups is 1. The van der Waals surface area contributed by atoms with E-state index in [4.69, 9.17) is 4.74 Å². The van der Waals surface area contributed by atoms with Crippen molar-refractivity contribution >= 4 is 29.4 Å². The summed E-state index contributed by atoms with van der Waals surface area (Å²) < 4.78 is 5.38. The normalized spacial score (nSPS) is 21.4. The Morgan fingerprint density at radius 3 is 2.71 bits per heavy atom. The predicted molar refractivity (Wildman–Crippen MR) is 123 cm³/mol. The van der Waals surface area contributed by atoms with E-state index in [0.717, 1.165) is 22.3 Å². The van der Waals surface area contributed by atoms with Gasteiger partial charge in [-0.3, -0.25) is 19.7 Å². The molecule has 2 N–H and O–H groups in total. The number of nitrogens with one attached hydrogen (secondary N) is 2. The van der Waals surface area contributed by atoms with E-state index in [1.54, 1.807) is 30.2 Å². The van der Waals surface area contributed by atoms with Gasteiger partial charge >= 0.3 is 6.03 Å². The van der Waals surface area contributed by atoms with E-state index in [1.165, 1.54) is 4.90 Å². The van der Waals surface area contributed by atoms with E-state index >= 15 is 0 Å². The van der Waals surface area contributed by atoms with Crippen LogP contribution in [0, 0.1) is 6.92 Å². The van der Waals surface area contributed by atoms with Crippen molar-refractivity contribution in [2.45, 2.75) is 44.9 Å². The van der Waals surface area contributed by atoms with E-state index in [2.05, 4.69) is 16.7 Å². The Kier molecular flexibility index (Phi) is 5.57. The smallest absolute Gasteiger partial charge is 0.322 e. The zero-order chi connectivity index (χ0) is 24.0. The molecule has 9 nitrogen and oxygen atoms in total. The largest absolute Gasteiger partial charge is 0.382 e. The molecule has 176 valence electrons. The van der Waals surface area contributed by atoms with Crippen molar-refractivity contribution in [3.8, 4) is 0 Å². The Morgan fingerprint density at radius 2 is 1.94 bits per heavy atom. The number of methoxy groups -OCH3 is 1. The summed E-state index contributed by atoms with van der Waals surface area (Å²) in [7, 11) is 1.62. The lowest BCUT2D eigenvalue weighted by atomic mass is 10.0. The number of carbonyl (C=O) groups excluding carboxylic acids is 4. The van der Waals surface area contributed by atoms with Gasteiger partial charge in [0.05, 0.1) is 12.6 Å². The molecule has 0 spiro atoms. The Morgan fingerprint density at radius 1 is 1.12 bits per heavy atom. The van der Waals surface area contributed by atoms with Crippen LogP contribution in [-0.2, 0) is 27.4 Å². The number of piperidine rings is 1. The summed E-state index contributed by atoms with van der Waals surface area (Å²) in [4.78, 5) is 53.0. The lowest BCUT2D eigenvalue weighted by Crippen LogP contribution is -2.52. The van der Waals surface area contributed by atoms with Crippen molar-refractivity contribution < 1.29 is 23.9 Å². The minimum absolute atomic E-state index is 0.181. The van der Waals surface area contributed by atoms with Crippen molar-refractivity contribution in [3.63, 3.8) is 0 Å². The number of aryl methyl sites for hydroxylation is 1. The van der Waals surface area contributed by atoms with Gasteiger partial charge in [0, 0.05) is 37.9 Å². The molecule has 0 radical (unpaired) electrons. The van der Waals surface area contributed by atoms with Crippen LogP contribution in [0.4, 0.5) is 10.5 Å². The highest BCUT2D eigenvalue weighted by atomic mass is 16.5. The topological polar surface area (TPSA) is 108 Å². The molecule has 5 rings (SSSR count). The zero-order valence-electron chi connectivity index (χ0n) is 19.1. The summed E-state index contributed by atoms with van der Waals surface area (Å²) in [6, 6.07) is 10.2. The molecule has 5 amide bonds. The van der Waals surface area contributed by atoms with Gasteiger partial charge in [0.25, 0.3) is 5.91 Å². The molecule has 3 aliphatic heterocycles. The van der Waals surface area contributed by atoms with Gasteiger partial charge in [-0.1, -0.05) is 23.8 Å². The minimum Gasteiger partial charge on any atom is -0.382 e. The summed E-state index contributed by atoms with van der Waals surface area (Å²) in [5.74, 6) is -1.01. The first-order chi connectivity index (χ1) is 16.4. The van der Waals surface area contributed by atoms with Crippen LogP contribution in [0.15, 0.2) is 36.4 Å². The second-order valence-electron chi connectivity index (χ2n) is 9.00. The summed E-state index contributed by atoms with van der Waals surface area (Å²) in [6.07, 6.45) is 0.516. The van der Waals surface area contributed by atoms with Gasteiger partial charge in [-0.2, -0.15) is 0 Å². The standard InChI is InChI=1S/C25H26N4O5/c1-14-3-5-18-15(9-14)12-29(21(18)13-34-2)25(33)26-17-4-6-19-16(10-17)11-28(24(19)32)20-7-8-22(30)27-23(20)31/h3-6,9-10,20-21H,7-8,11-13H2,1-2H3,(H,26,33)(H,27,30,31). The average molecular weight is 463 g/mol. The molecule has 2 aromatic carbocycles. The molecule has 0 aliphatic carbocycles. The molecule has 9 heteroatoms. The Bertz CT molecular complexity index is 1210. The minimum atomic E-state index is -0.669. The highest BCUT2D eigenvalue weighted by molar-refractivity contribution is 6.05. The monoisotopic (exact) mass is 462 g/mol. The fourth-order valence-corrected chi connectivity index (χ4v) is 5.06. The number of hydrogen-bond acceptors (Lipinski definition) is 5. The Labute approximate surface area is 197 Å². The van der Waals surface area contributed by atoms with Crippen LogP contribution >= 0.6 is 0 Å². The van der Waals surface area contributed by atoms with Gasteiger partial charge in [-0.25, -0.2) is 4.79 Å². The van der Waals surface area contributed by atoms with Gasteiger partial charge in [-0.15, -0.1) is 0 Å². The van der Waals surface area contributed by atoms with E-state index in [0.29, 0.717) is 30.8 Å². The molecule has 2 atom stereocenters. The van der Waals surface area contributed by atoms with Crippen molar-refractivity contribution in [2.24, 2.45) is 0 Å². The van der Waals surface area contributed by atoms with Crippen molar-refractivity contribution in [2.75, 3.05) is 19.0 Å². The van der Waals surface area contributed by atoms with Crippen molar-refractivity contribution in [3.05, 3.63) is 64.2 Å². The molecule has 1 saturated heterocycles. The first kappa shape index (κ1) is 22.1. The third kappa shape index (κ3) is 3.81. The number of anilines is 1. The highest BCUT2D eigenvalue weighted by Gasteiger charge is 2.39. The number of urea groups is 1. The van der Waals surface area contributed by atoms with Crippen LogP contribution in [0.5, 0.6) is 0 Å². The molecule has 3 heterocycles. The molecule has 34 heavy (non-hydrogen) atoms. The zero-order valence-corrected chi connectivity index (χ0v) is 19.1. The van der Waals surface area contributed by atoms with E-state index in [-0.39, 0.29) is 36.9 Å². The van der Waals surface area contributed by atoms with Crippen LogP contribution in [0.1, 0.15) is 51.5 Å². The average Bonchev–Trinajstić information content (AvgIpc) is 3.31. The van der Waals surface area contributed by atoms with E-state index in [1.807, 2.05) is 19.1 Å². The summed E-state index contributed by atoms with van der Waals surface area (Å²) >= 11 is 0. The van der Waals surface area contributed by atoms with E-state index in [9.17, 15) is 19.2 Å². The number of fused-ring (bicyclic) bond motifs is 2. The van der Waals surface area contributed by atoms with Crippen LogP contribution < -0.4 is 10.6 Å². The van der Waals surface area contributed by atoms with Crippen molar-refractivity contribution in [1.29, 1.82) is 0 Å². The van der Waals surface area contributed by atoms with Crippen LogP contribution in [0.3, 0.4) is 0 Å².